The lowest BCUT2D eigenvalue weighted by molar-refractivity contribution is 0.481. The summed E-state index contributed by atoms with van der Waals surface area (Å²) in [5.74, 6) is 0. The molecule has 0 fully saturated rings. The number of fused-ring (bicyclic) bond motifs is 3. The quantitative estimate of drug-likeness (QED) is 0.196. The van der Waals surface area contributed by atoms with Crippen molar-refractivity contribution < 1.29 is 38.9 Å². The van der Waals surface area contributed by atoms with Crippen LogP contribution in [0.25, 0.3) is 54.6 Å². The fourth-order valence-corrected chi connectivity index (χ4v) is 7.45. The molecule has 0 aliphatic heterocycles. The number of rotatable bonds is 5. The van der Waals surface area contributed by atoms with Gasteiger partial charge in [0, 0.05) is 22.6 Å². The lowest BCUT2D eigenvalue weighted by atomic mass is 9.89. The highest BCUT2D eigenvalue weighted by Gasteiger charge is 2.28. The van der Waals surface area contributed by atoms with Crippen LogP contribution < -0.4 is 0 Å². The van der Waals surface area contributed by atoms with E-state index in [1.54, 1.807) is 54.6 Å². The molecule has 0 bridgehead atoms. The highest BCUT2D eigenvalue weighted by Crippen LogP contribution is 2.45. The molecule has 3 N–H and O–H groups in total. The Kier molecular flexibility index (Phi) is 6.46. The average molecular weight is 620 g/mol. The normalized spacial score (nSPS) is 12.7. The molecule has 0 amide bonds. The molecule has 0 saturated carbocycles. The second-order valence-corrected chi connectivity index (χ2v) is 13.7. The van der Waals surface area contributed by atoms with Gasteiger partial charge in [-0.25, -0.2) is 0 Å². The summed E-state index contributed by atoms with van der Waals surface area (Å²) in [4.78, 5) is -1.23. The van der Waals surface area contributed by atoms with Gasteiger partial charge in [-0.15, -0.1) is 0 Å². The Morgan fingerprint density at radius 1 is 0.524 bits per heavy atom. The molecule has 6 rings (SSSR count). The van der Waals surface area contributed by atoms with E-state index in [-0.39, 0.29) is 37.3 Å². The van der Waals surface area contributed by atoms with Crippen LogP contribution in [0.15, 0.2) is 112 Å². The van der Waals surface area contributed by atoms with Crippen LogP contribution in [0.3, 0.4) is 0 Å². The first-order valence-corrected chi connectivity index (χ1v) is 16.5. The van der Waals surface area contributed by atoms with Crippen molar-refractivity contribution in [3.63, 3.8) is 0 Å². The van der Waals surface area contributed by atoms with Crippen molar-refractivity contribution in [3.05, 3.63) is 103 Å². The summed E-state index contributed by atoms with van der Waals surface area (Å²) in [6.07, 6.45) is 0. The van der Waals surface area contributed by atoms with Gasteiger partial charge in [-0.1, -0.05) is 78.9 Å². The van der Waals surface area contributed by atoms with E-state index in [1.807, 2.05) is 0 Å². The molecule has 0 saturated heterocycles. The lowest BCUT2D eigenvalue weighted by Crippen LogP contribution is -2.06. The fourth-order valence-electron chi connectivity index (χ4n) is 5.33. The van der Waals surface area contributed by atoms with Crippen LogP contribution in [0.4, 0.5) is 0 Å². The zero-order valence-electron chi connectivity index (χ0n) is 21.3. The molecule has 6 aromatic rings. The van der Waals surface area contributed by atoms with Crippen LogP contribution in [0.5, 0.6) is 0 Å². The van der Waals surface area contributed by atoms with Gasteiger partial charge in [0.2, 0.25) is 0 Å². The number of hydrogen-bond donors (Lipinski definition) is 3. The molecule has 12 heteroatoms. The van der Waals surface area contributed by atoms with Crippen molar-refractivity contribution in [1.82, 2.24) is 0 Å². The first-order chi connectivity index (χ1) is 19.7. The topological polar surface area (TPSA) is 163 Å². The molecule has 0 aliphatic carbocycles. The van der Waals surface area contributed by atoms with Gasteiger partial charge in [0.25, 0.3) is 30.4 Å². The zero-order valence-corrected chi connectivity index (χ0v) is 23.7. The van der Waals surface area contributed by atoms with Crippen LogP contribution in [0.2, 0.25) is 0 Å². The van der Waals surface area contributed by atoms with Gasteiger partial charge in [-0.2, -0.15) is 25.3 Å². The molecular formula is C30H19O9S3. The monoisotopic (exact) mass is 619 g/mol. The van der Waals surface area contributed by atoms with Gasteiger partial charge in [0.05, 0.1) is 4.90 Å². The van der Waals surface area contributed by atoms with E-state index < -0.39 is 35.2 Å². The van der Waals surface area contributed by atoms with Crippen molar-refractivity contribution in [2.75, 3.05) is 0 Å². The predicted molar refractivity (Wildman–Crippen MR) is 158 cm³/mol. The van der Waals surface area contributed by atoms with Crippen molar-refractivity contribution in [2.24, 2.45) is 0 Å². The Morgan fingerprint density at radius 2 is 1.17 bits per heavy atom. The first kappa shape index (κ1) is 28.0. The van der Waals surface area contributed by atoms with Crippen molar-refractivity contribution >= 4 is 62.7 Å². The van der Waals surface area contributed by atoms with Crippen LogP contribution in [0.1, 0.15) is 0 Å². The summed E-state index contributed by atoms with van der Waals surface area (Å²) in [6.45, 7) is 0. The molecule has 42 heavy (non-hydrogen) atoms. The third kappa shape index (κ3) is 4.73. The van der Waals surface area contributed by atoms with Gasteiger partial charge >= 0.3 is 0 Å². The zero-order chi connectivity index (χ0) is 30.0. The van der Waals surface area contributed by atoms with Gasteiger partial charge in [-0.3, -0.25) is 13.7 Å². The van der Waals surface area contributed by atoms with Crippen molar-refractivity contribution in [3.8, 4) is 22.3 Å². The Balaban J connectivity index is 1.81. The molecule has 0 aromatic heterocycles. The maximum Gasteiger partial charge on any atom is 0.295 e. The van der Waals surface area contributed by atoms with Gasteiger partial charge in [-0.05, 0) is 56.3 Å². The minimum Gasteiger partial charge on any atom is -0.282 e. The van der Waals surface area contributed by atoms with Gasteiger partial charge in [0.15, 0.2) is 0 Å². The largest absolute Gasteiger partial charge is 0.295 e. The molecule has 211 valence electrons. The average Bonchev–Trinajstić information content (AvgIpc) is 2.93. The second-order valence-electron chi connectivity index (χ2n) is 9.52. The van der Waals surface area contributed by atoms with E-state index in [0.717, 1.165) is 0 Å². The van der Waals surface area contributed by atoms with Crippen molar-refractivity contribution in [2.45, 2.75) is 14.7 Å². The Hall–Kier alpha value is -4.17. The van der Waals surface area contributed by atoms with Gasteiger partial charge in [0.1, 0.15) is 9.79 Å². The third-order valence-corrected chi connectivity index (χ3v) is 9.70. The van der Waals surface area contributed by atoms with E-state index in [2.05, 4.69) is 6.07 Å². The molecule has 0 aliphatic rings. The summed E-state index contributed by atoms with van der Waals surface area (Å²) in [6, 6.07) is 27.2. The molecule has 6 aromatic carbocycles. The highest BCUT2D eigenvalue weighted by molar-refractivity contribution is 7.86. The van der Waals surface area contributed by atoms with Crippen LogP contribution >= 0.6 is 0 Å². The second kappa shape index (κ2) is 9.70. The van der Waals surface area contributed by atoms with E-state index >= 15 is 0 Å². The van der Waals surface area contributed by atoms with Crippen LogP contribution in [-0.4, -0.2) is 38.9 Å². The summed E-state index contributed by atoms with van der Waals surface area (Å²) in [5, 5.41) is 2.12. The smallest absolute Gasteiger partial charge is 0.282 e. The summed E-state index contributed by atoms with van der Waals surface area (Å²) >= 11 is 0. The minimum atomic E-state index is -4.99. The molecule has 0 unspecified atom stereocenters. The maximum absolute atomic E-state index is 13.2. The maximum atomic E-state index is 13.2. The van der Waals surface area contributed by atoms with Crippen LogP contribution in [0, 0.1) is 6.07 Å². The van der Waals surface area contributed by atoms with E-state index in [0.29, 0.717) is 27.1 Å². The highest BCUT2D eigenvalue weighted by atomic mass is 32.2. The molecule has 1 radical (unpaired) electrons. The Morgan fingerprint density at radius 3 is 1.88 bits per heavy atom. The summed E-state index contributed by atoms with van der Waals surface area (Å²) in [5.41, 5.74) is 0.629. The molecular weight excluding hydrogens is 601 g/mol. The fraction of sp³-hybridized carbons (Fsp3) is 0. The minimum absolute atomic E-state index is 0.0455. The Bertz CT molecular complexity index is 2430. The van der Waals surface area contributed by atoms with Gasteiger partial charge < -0.3 is 0 Å². The van der Waals surface area contributed by atoms with E-state index in [4.69, 9.17) is 0 Å². The lowest BCUT2D eigenvalue weighted by Gasteiger charge is -2.19. The molecule has 0 spiro atoms. The standard InChI is InChI=1S/C30H19O9S3/c31-40(32,33)20-14-15-21-18(16-20)7-3-12-26(21)29-22-8-2-1-6-19(22)17-27(30(29)42(37,38)39)24-9-4-11-25-23(24)10-5-13-28(25)41(34,35)36/h1-16H,(H,31,32,33)(H,34,35,36)(H,37,38,39). The number of benzene rings is 6. The molecule has 0 heterocycles. The third-order valence-electron chi connectivity index (χ3n) is 7.02. The van der Waals surface area contributed by atoms with Crippen molar-refractivity contribution in [1.29, 1.82) is 0 Å². The van der Waals surface area contributed by atoms with Crippen LogP contribution in [-0.2, 0) is 30.4 Å². The SMILES string of the molecule is O=S(=O)(O)c1ccc2c(-c3c(S(=O)(=O)O)c(-c4cccc5c(S(=O)(=O)O)cccc45)[c]c4ccccc34)cccc2c1. The van der Waals surface area contributed by atoms with E-state index in [9.17, 15) is 38.9 Å². The molecule has 9 nitrogen and oxygen atoms in total. The summed E-state index contributed by atoms with van der Waals surface area (Å²) < 4.78 is 104. The Labute approximate surface area is 240 Å². The first-order valence-electron chi connectivity index (χ1n) is 12.2. The summed E-state index contributed by atoms with van der Waals surface area (Å²) in [7, 11) is -14.1. The molecule has 0 atom stereocenters. The van der Waals surface area contributed by atoms with E-state index in [1.165, 1.54) is 42.5 Å². The number of hydrogen-bond acceptors (Lipinski definition) is 6. The predicted octanol–water partition coefficient (Wildman–Crippen LogP) is 6.02.